The highest BCUT2D eigenvalue weighted by molar-refractivity contribution is 9.10. The monoisotopic (exact) mass is 655 g/mol. The Bertz CT molecular complexity index is 1230. The van der Waals surface area contributed by atoms with E-state index >= 15 is 0 Å². The quantitative estimate of drug-likeness (QED) is 0.0516. The fraction of sp³-hybridized carbons (Fsp3) is 0.500. The molecule has 44 heavy (non-hydrogen) atoms. The van der Waals surface area contributed by atoms with Crippen molar-refractivity contribution in [3.05, 3.63) is 118 Å². The number of azide groups is 1. The molecule has 0 amide bonds. The molecule has 230 valence electrons. The lowest BCUT2D eigenvalue weighted by Gasteiger charge is -2.37. The number of rotatable bonds is 11. The molecule has 2 aliphatic carbocycles. The fourth-order valence-electron chi connectivity index (χ4n) is 7.75. The molecular formula is C36H43BBrN3O3. The third-order valence-corrected chi connectivity index (χ3v) is 11.0. The van der Waals surface area contributed by atoms with Gasteiger partial charge in [0.25, 0.3) is 0 Å². The molecule has 1 aliphatic heterocycles. The molecule has 0 radical (unpaired) electrons. The van der Waals surface area contributed by atoms with Crippen molar-refractivity contribution in [3.63, 3.8) is 0 Å². The first-order valence-electron chi connectivity index (χ1n) is 16.5. The molecule has 3 aromatic rings. The summed E-state index contributed by atoms with van der Waals surface area (Å²) in [6.45, 7) is 0.171. The molecule has 3 aromatic carbocycles. The zero-order valence-corrected chi connectivity index (χ0v) is 27.0. The van der Waals surface area contributed by atoms with E-state index in [2.05, 4.69) is 62.4 Å². The molecule has 0 bridgehead atoms. The van der Waals surface area contributed by atoms with E-state index < -0.39 is 18.8 Å². The maximum absolute atomic E-state index is 9.72. The van der Waals surface area contributed by atoms with E-state index in [1.165, 1.54) is 64.2 Å². The minimum Gasteiger partial charge on any atom is -0.405 e. The molecule has 1 saturated heterocycles. The van der Waals surface area contributed by atoms with E-state index in [9.17, 15) is 5.53 Å². The van der Waals surface area contributed by atoms with Gasteiger partial charge in [0.05, 0.1) is 29.6 Å². The van der Waals surface area contributed by atoms with Crippen molar-refractivity contribution in [1.82, 2.24) is 0 Å². The number of ether oxygens (including phenoxy) is 1. The molecule has 0 spiro atoms. The van der Waals surface area contributed by atoms with Gasteiger partial charge in [-0.3, -0.25) is 0 Å². The third kappa shape index (κ3) is 6.80. The minimum absolute atomic E-state index is 0.0909. The predicted molar refractivity (Wildman–Crippen MR) is 179 cm³/mol. The van der Waals surface area contributed by atoms with Crippen molar-refractivity contribution in [3.8, 4) is 0 Å². The maximum atomic E-state index is 9.72. The Kier molecular flexibility index (Phi) is 10.8. The van der Waals surface area contributed by atoms with E-state index in [0.717, 1.165) is 16.7 Å². The van der Waals surface area contributed by atoms with Crippen LogP contribution in [0, 0.1) is 11.8 Å². The Balaban J connectivity index is 1.29. The van der Waals surface area contributed by atoms with Crippen molar-refractivity contribution in [2.24, 2.45) is 17.0 Å². The third-order valence-electron chi connectivity index (χ3n) is 9.97. The molecule has 2 saturated carbocycles. The molecule has 1 heterocycles. The summed E-state index contributed by atoms with van der Waals surface area (Å²) in [5.41, 5.74) is 11.8. The van der Waals surface area contributed by atoms with E-state index in [-0.39, 0.29) is 23.5 Å². The molecule has 4 atom stereocenters. The minimum atomic E-state index is -0.910. The first-order chi connectivity index (χ1) is 21.7. The maximum Gasteiger partial charge on any atom is 0.472 e. The van der Waals surface area contributed by atoms with Gasteiger partial charge in [-0.15, -0.1) is 0 Å². The normalized spacial score (nSPS) is 23.2. The molecule has 6 nitrogen and oxygen atoms in total. The van der Waals surface area contributed by atoms with Crippen LogP contribution in [0.4, 0.5) is 0 Å². The zero-order chi connectivity index (χ0) is 30.2. The number of hydrogen-bond acceptors (Lipinski definition) is 4. The van der Waals surface area contributed by atoms with Gasteiger partial charge in [-0.25, -0.2) is 0 Å². The van der Waals surface area contributed by atoms with Gasteiger partial charge in [0.1, 0.15) is 5.60 Å². The van der Waals surface area contributed by atoms with Crippen LogP contribution >= 0.6 is 15.9 Å². The first-order valence-corrected chi connectivity index (χ1v) is 17.4. The highest BCUT2D eigenvalue weighted by atomic mass is 79.9. The number of hydrogen-bond donors (Lipinski definition) is 0. The lowest BCUT2D eigenvalue weighted by molar-refractivity contribution is 0.00605. The van der Waals surface area contributed by atoms with Crippen molar-refractivity contribution in [2.75, 3.05) is 6.61 Å². The van der Waals surface area contributed by atoms with Gasteiger partial charge in [-0.1, -0.05) is 151 Å². The van der Waals surface area contributed by atoms with Crippen LogP contribution in [-0.4, -0.2) is 36.7 Å². The average Bonchev–Trinajstić information content (AvgIpc) is 3.56. The lowest BCUT2D eigenvalue weighted by atomic mass is 9.77. The molecule has 0 N–H and O–H groups in total. The smallest absolute Gasteiger partial charge is 0.405 e. The Hall–Kier alpha value is -2.61. The summed E-state index contributed by atoms with van der Waals surface area (Å²) >= 11 is 3.92. The van der Waals surface area contributed by atoms with E-state index in [0.29, 0.717) is 11.8 Å². The van der Waals surface area contributed by atoms with Crippen LogP contribution in [0.25, 0.3) is 10.4 Å². The largest absolute Gasteiger partial charge is 0.472 e. The van der Waals surface area contributed by atoms with Crippen LogP contribution in [0.15, 0.2) is 96.1 Å². The van der Waals surface area contributed by atoms with E-state index in [1.54, 1.807) is 0 Å². The van der Waals surface area contributed by atoms with Crippen molar-refractivity contribution < 1.29 is 14.0 Å². The fourth-order valence-corrected chi connectivity index (χ4v) is 8.25. The van der Waals surface area contributed by atoms with Crippen LogP contribution in [0.5, 0.6) is 0 Å². The lowest BCUT2D eigenvalue weighted by Crippen LogP contribution is -2.43. The van der Waals surface area contributed by atoms with Gasteiger partial charge in [-0.05, 0) is 59.7 Å². The van der Waals surface area contributed by atoms with Crippen molar-refractivity contribution >= 4 is 23.0 Å². The SMILES string of the molecule is [N-]=[N+]=N[C@H](COC(c1ccccc1)(c1ccccc1)c1ccccc1)[C@H](Br)B1O[C@@H](C2CCCCC2)[C@H](C2CCCCC2)O1. The molecule has 0 unspecified atom stereocenters. The summed E-state index contributed by atoms with van der Waals surface area (Å²) in [5, 5.41) is 4.28. The van der Waals surface area contributed by atoms with Crippen molar-refractivity contribution in [1.29, 1.82) is 0 Å². The van der Waals surface area contributed by atoms with E-state index in [1.807, 2.05) is 54.6 Å². The second kappa shape index (κ2) is 15.1. The number of nitrogens with zero attached hydrogens (tertiary/aromatic N) is 3. The highest BCUT2D eigenvalue weighted by Gasteiger charge is 2.51. The molecule has 6 rings (SSSR count). The number of benzene rings is 3. The standard InChI is InChI=1S/C36H43BBrN3O3/c38-35(37-43-33(27-16-6-1-7-17-27)34(44-37)28-18-8-2-9-19-28)32(40-41-39)26-42-36(29-20-10-3-11-21-29,30-22-12-4-13-23-30)31-24-14-5-15-25-31/h3-5,10-15,20-25,27-28,32-35H,1-2,6-9,16-19,26H2/t32-,33+,34+,35+/m1/s1. The van der Waals surface area contributed by atoms with Gasteiger partial charge < -0.3 is 14.0 Å². The molecule has 0 aromatic heterocycles. The summed E-state index contributed by atoms with van der Waals surface area (Å²) < 4.78 is 20.4. The molecule has 8 heteroatoms. The second-order valence-electron chi connectivity index (χ2n) is 12.7. The number of alkyl halides is 1. The molecule has 3 aliphatic rings. The van der Waals surface area contributed by atoms with Crippen LogP contribution in [0.3, 0.4) is 0 Å². The van der Waals surface area contributed by atoms with Crippen LogP contribution in [0.2, 0.25) is 0 Å². The summed E-state index contributed by atoms with van der Waals surface area (Å²) in [7, 11) is -0.507. The zero-order valence-electron chi connectivity index (χ0n) is 25.4. The Morgan fingerprint density at radius 3 is 1.52 bits per heavy atom. The topological polar surface area (TPSA) is 76.5 Å². The van der Waals surface area contributed by atoms with Crippen LogP contribution < -0.4 is 0 Å². The summed E-state index contributed by atoms with van der Waals surface area (Å²) in [5.74, 6) is 1.05. The summed E-state index contributed by atoms with van der Waals surface area (Å²) in [6, 6.07) is 30.3. The Morgan fingerprint density at radius 2 is 1.14 bits per heavy atom. The van der Waals surface area contributed by atoms with Gasteiger partial charge in [0, 0.05) is 4.91 Å². The van der Waals surface area contributed by atoms with E-state index in [4.69, 9.17) is 14.0 Å². The van der Waals surface area contributed by atoms with Gasteiger partial charge >= 0.3 is 7.12 Å². The highest BCUT2D eigenvalue weighted by Crippen LogP contribution is 2.43. The average molecular weight is 656 g/mol. The molecule has 3 fully saturated rings. The van der Waals surface area contributed by atoms with Crippen LogP contribution in [0.1, 0.15) is 80.9 Å². The van der Waals surface area contributed by atoms with Gasteiger partial charge in [-0.2, -0.15) is 0 Å². The second-order valence-corrected chi connectivity index (χ2v) is 13.7. The van der Waals surface area contributed by atoms with Crippen molar-refractivity contribution in [2.45, 2.75) is 92.8 Å². The summed E-state index contributed by atoms with van der Waals surface area (Å²) in [4.78, 5) is 3.27. The van der Waals surface area contributed by atoms with Crippen LogP contribution in [-0.2, 0) is 19.6 Å². The summed E-state index contributed by atoms with van der Waals surface area (Å²) in [6.07, 6.45) is 12.7. The number of halogens is 1. The predicted octanol–water partition coefficient (Wildman–Crippen LogP) is 9.41. The van der Waals surface area contributed by atoms with Gasteiger partial charge in [0.15, 0.2) is 0 Å². The Labute approximate surface area is 270 Å². The first kappa shape index (κ1) is 31.4. The molecular weight excluding hydrogens is 613 g/mol. The Morgan fingerprint density at radius 1 is 0.727 bits per heavy atom. The van der Waals surface area contributed by atoms with Gasteiger partial charge in [0.2, 0.25) is 0 Å².